The molecule has 2 aromatic carbocycles. The third-order valence-electron chi connectivity index (χ3n) is 2.92. The maximum absolute atomic E-state index is 13.7. The maximum atomic E-state index is 13.7. The van der Waals surface area contributed by atoms with Crippen LogP contribution in [0.5, 0.6) is 0 Å². The van der Waals surface area contributed by atoms with Crippen molar-refractivity contribution >= 4 is 21.6 Å². The maximum Gasteiger partial charge on any atom is 0.146 e. The molecule has 0 aliphatic carbocycles. The largest absolute Gasteiger partial charge is 0.376 e. The van der Waals surface area contributed by atoms with E-state index in [2.05, 4.69) is 21.2 Å². The summed E-state index contributed by atoms with van der Waals surface area (Å²) in [4.78, 5) is 0. The highest BCUT2D eigenvalue weighted by molar-refractivity contribution is 9.10. The Kier molecular flexibility index (Phi) is 4.20. The zero-order valence-electron chi connectivity index (χ0n) is 10.7. The summed E-state index contributed by atoms with van der Waals surface area (Å²) in [5.41, 5.74) is 2.31. The molecule has 1 N–H and O–H groups in total. The predicted octanol–water partition coefficient (Wildman–Crippen LogP) is 5.21. The molecular weight excluding hydrogens is 312 g/mol. The molecule has 1 nitrogen and oxygen atoms in total. The van der Waals surface area contributed by atoms with Gasteiger partial charge in [-0.2, -0.15) is 0 Å². The smallest absolute Gasteiger partial charge is 0.146 e. The van der Waals surface area contributed by atoms with Crippen molar-refractivity contribution in [3.8, 4) is 0 Å². The molecule has 2 aromatic rings. The Morgan fingerprint density at radius 1 is 1.11 bits per heavy atom. The van der Waals surface area contributed by atoms with Gasteiger partial charge in [0.25, 0.3) is 0 Å². The molecule has 2 rings (SSSR count). The van der Waals surface area contributed by atoms with Crippen LogP contribution in [-0.2, 0) is 0 Å². The van der Waals surface area contributed by atoms with E-state index >= 15 is 0 Å². The fourth-order valence-electron chi connectivity index (χ4n) is 1.91. The molecule has 0 aliphatic heterocycles. The van der Waals surface area contributed by atoms with Gasteiger partial charge in [0.15, 0.2) is 0 Å². The summed E-state index contributed by atoms with van der Waals surface area (Å²) in [5.74, 6) is -0.597. The van der Waals surface area contributed by atoms with E-state index in [0.29, 0.717) is 10.2 Å². The first-order chi connectivity index (χ1) is 8.97. The third-order valence-corrected chi connectivity index (χ3v) is 3.61. The molecule has 0 heterocycles. The van der Waals surface area contributed by atoms with E-state index in [1.54, 1.807) is 18.2 Å². The zero-order chi connectivity index (χ0) is 14.0. The molecule has 19 heavy (non-hydrogen) atoms. The fraction of sp³-hybridized carbons (Fsp3) is 0.200. The first kappa shape index (κ1) is 14.0. The van der Waals surface area contributed by atoms with Crippen molar-refractivity contribution in [1.29, 1.82) is 0 Å². The summed E-state index contributed by atoms with van der Waals surface area (Å²) in [6.45, 7) is 3.81. The number of anilines is 1. The Hall–Kier alpha value is -1.42. The second kappa shape index (κ2) is 5.70. The highest BCUT2D eigenvalue weighted by atomic mass is 79.9. The summed E-state index contributed by atoms with van der Waals surface area (Å²) in [6, 6.07) is 9.26. The van der Waals surface area contributed by atoms with Crippen LogP contribution >= 0.6 is 15.9 Å². The molecule has 0 spiro atoms. The molecule has 1 atom stereocenters. The molecule has 0 bridgehead atoms. The molecule has 1 unspecified atom stereocenters. The molecule has 0 amide bonds. The van der Waals surface area contributed by atoms with E-state index < -0.39 is 0 Å². The molecule has 0 fully saturated rings. The molecule has 100 valence electrons. The van der Waals surface area contributed by atoms with E-state index in [4.69, 9.17) is 0 Å². The quantitative estimate of drug-likeness (QED) is 0.816. The van der Waals surface area contributed by atoms with Crippen LogP contribution in [0.3, 0.4) is 0 Å². The number of rotatable bonds is 3. The first-order valence-electron chi connectivity index (χ1n) is 5.95. The number of halogens is 3. The van der Waals surface area contributed by atoms with Gasteiger partial charge in [-0.3, -0.25) is 0 Å². The van der Waals surface area contributed by atoms with Crippen LogP contribution in [0.2, 0.25) is 0 Å². The average Bonchev–Trinajstić information content (AvgIpc) is 2.33. The Bertz CT molecular complexity index is 599. The van der Waals surface area contributed by atoms with Gasteiger partial charge in [-0.15, -0.1) is 0 Å². The van der Waals surface area contributed by atoms with Gasteiger partial charge in [0.2, 0.25) is 0 Å². The number of aryl methyl sites for hydroxylation is 1. The number of hydrogen-bond donors (Lipinski definition) is 1. The lowest BCUT2D eigenvalue weighted by Crippen LogP contribution is -2.09. The van der Waals surface area contributed by atoms with Crippen LogP contribution in [0.4, 0.5) is 14.5 Å². The standard InChI is InChI=1S/C15H14BrF2N/c1-9-3-6-14(18)15(7-9)19-10(2)12-5-4-11(17)8-13(12)16/h3-8,10,19H,1-2H3. The van der Waals surface area contributed by atoms with E-state index in [1.807, 2.05) is 13.8 Å². The molecule has 0 radical (unpaired) electrons. The average molecular weight is 326 g/mol. The predicted molar refractivity (Wildman–Crippen MR) is 77.3 cm³/mol. The normalized spacial score (nSPS) is 12.3. The highest BCUT2D eigenvalue weighted by Crippen LogP contribution is 2.28. The highest BCUT2D eigenvalue weighted by Gasteiger charge is 2.12. The lowest BCUT2D eigenvalue weighted by atomic mass is 10.1. The first-order valence-corrected chi connectivity index (χ1v) is 6.74. The number of nitrogens with one attached hydrogen (secondary N) is 1. The van der Waals surface area contributed by atoms with Crippen LogP contribution in [0.25, 0.3) is 0 Å². The van der Waals surface area contributed by atoms with E-state index in [0.717, 1.165) is 11.1 Å². The zero-order valence-corrected chi connectivity index (χ0v) is 12.3. The lowest BCUT2D eigenvalue weighted by molar-refractivity contribution is 0.622. The van der Waals surface area contributed by atoms with Gasteiger partial charge in [0.05, 0.1) is 5.69 Å². The summed E-state index contributed by atoms with van der Waals surface area (Å²) >= 11 is 3.32. The van der Waals surface area contributed by atoms with Gasteiger partial charge in [0.1, 0.15) is 11.6 Å². The monoisotopic (exact) mass is 325 g/mol. The Balaban J connectivity index is 2.25. The molecule has 0 aliphatic rings. The summed E-state index contributed by atoms with van der Waals surface area (Å²) in [6.07, 6.45) is 0. The van der Waals surface area contributed by atoms with Crippen LogP contribution < -0.4 is 5.32 Å². The fourth-order valence-corrected chi connectivity index (χ4v) is 2.61. The number of hydrogen-bond acceptors (Lipinski definition) is 1. The summed E-state index contributed by atoms with van der Waals surface area (Å²) in [5, 5.41) is 3.10. The van der Waals surface area contributed by atoms with Crippen LogP contribution in [-0.4, -0.2) is 0 Å². The van der Waals surface area contributed by atoms with Crippen molar-refractivity contribution in [3.05, 3.63) is 63.6 Å². The van der Waals surface area contributed by atoms with Crippen molar-refractivity contribution in [1.82, 2.24) is 0 Å². The van der Waals surface area contributed by atoms with Gasteiger partial charge in [-0.05, 0) is 49.2 Å². The molecule has 4 heteroatoms. The van der Waals surface area contributed by atoms with Crippen molar-refractivity contribution in [3.63, 3.8) is 0 Å². The summed E-state index contributed by atoms with van der Waals surface area (Å²) < 4.78 is 27.4. The van der Waals surface area contributed by atoms with E-state index in [9.17, 15) is 8.78 Å². The van der Waals surface area contributed by atoms with Gasteiger partial charge < -0.3 is 5.32 Å². The third kappa shape index (κ3) is 3.32. The minimum atomic E-state index is -0.301. The number of benzene rings is 2. The van der Waals surface area contributed by atoms with Gasteiger partial charge in [-0.25, -0.2) is 8.78 Å². The van der Waals surface area contributed by atoms with Gasteiger partial charge >= 0.3 is 0 Å². The minimum absolute atomic E-state index is 0.133. The van der Waals surface area contributed by atoms with Crippen molar-refractivity contribution in [2.75, 3.05) is 5.32 Å². The molecule has 0 saturated carbocycles. The summed E-state index contributed by atoms with van der Waals surface area (Å²) in [7, 11) is 0. The van der Waals surface area contributed by atoms with E-state index in [1.165, 1.54) is 18.2 Å². The lowest BCUT2D eigenvalue weighted by Gasteiger charge is -2.18. The van der Waals surface area contributed by atoms with Gasteiger partial charge in [0, 0.05) is 10.5 Å². The molecule has 0 saturated heterocycles. The second-order valence-corrected chi connectivity index (χ2v) is 5.37. The van der Waals surface area contributed by atoms with Crippen LogP contribution in [0, 0.1) is 18.6 Å². The van der Waals surface area contributed by atoms with Crippen LogP contribution in [0.1, 0.15) is 24.1 Å². The van der Waals surface area contributed by atoms with Crippen molar-refractivity contribution in [2.45, 2.75) is 19.9 Å². The van der Waals surface area contributed by atoms with Crippen molar-refractivity contribution < 1.29 is 8.78 Å². The van der Waals surface area contributed by atoms with Gasteiger partial charge in [-0.1, -0.05) is 28.1 Å². The minimum Gasteiger partial charge on any atom is -0.376 e. The Morgan fingerprint density at radius 3 is 2.53 bits per heavy atom. The van der Waals surface area contributed by atoms with Crippen molar-refractivity contribution in [2.24, 2.45) is 0 Å². The Labute approximate surface area is 119 Å². The van der Waals surface area contributed by atoms with E-state index in [-0.39, 0.29) is 17.7 Å². The topological polar surface area (TPSA) is 12.0 Å². The SMILES string of the molecule is Cc1ccc(F)c(NC(C)c2ccc(F)cc2Br)c1. The molecule has 0 aromatic heterocycles. The second-order valence-electron chi connectivity index (χ2n) is 4.52. The molecular formula is C15H14BrF2N. The van der Waals surface area contributed by atoms with Crippen LogP contribution in [0.15, 0.2) is 40.9 Å². The Morgan fingerprint density at radius 2 is 1.84 bits per heavy atom.